The van der Waals surface area contributed by atoms with Gasteiger partial charge in [0.2, 0.25) is 10.0 Å². The summed E-state index contributed by atoms with van der Waals surface area (Å²) in [7, 11) is 3.29. The average Bonchev–Trinajstić information content (AvgIpc) is 2.89. The Balaban J connectivity index is 2.51. The van der Waals surface area contributed by atoms with Crippen LogP contribution in [-0.4, -0.2) is 59.1 Å². The normalized spacial score (nSPS) is 12.0. The maximum atomic E-state index is 12.0. The number of aromatic nitrogens is 1. The highest BCUT2D eigenvalue weighted by Crippen LogP contribution is 2.26. The van der Waals surface area contributed by atoms with Gasteiger partial charge in [-0.2, -0.15) is 0 Å². The molecule has 0 saturated carbocycles. The van der Waals surface area contributed by atoms with Crippen molar-refractivity contribution in [1.82, 2.24) is 14.6 Å². The summed E-state index contributed by atoms with van der Waals surface area (Å²) in [5.41, 5.74) is 2.71. The zero-order valence-corrected chi connectivity index (χ0v) is 15.2. The SMILES string of the molecule is CNS(=O)(=O)Cc1ccc2[nH]c(C(=O)OC)c(CCN(C)C)c2c1. The Morgan fingerprint density at radius 3 is 2.62 bits per heavy atom. The molecule has 0 radical (unpaired) electrons. The summed E-state index contributed by atoms with van der Waals surface area (Å²) in [6.45, 7) is 0.760. The van der Waals surface area contributed by atoms with Crippen LogP contribution in [0.25, 0.3) is 10.9 Å². The van der Waals surface area contributed by atoms with Gasteiger partial charge in [-0.05, 0) is 50.8 Å². The minimum atomic E-state index is -3.35. The number of esters is 1. The van der Waals surface area contributed by atoms with Crippen molar-refractivity contribution in [2.24, 2.45) is 0 Å². The fourth-order valence-electron chi connectivity index (χ4n) is 2.55. The van der Waals surface area contributed by atoms with Crippen LogP contribution in [-0.2, 0) is 26.9 Å². The summed E-state index contributed by atoms with van der Waals surface area (Å²) in [5.74, 6) is -0.532. The molecule has 0 saturated heterocycles. The van der Waals surface area contributed by atoms with Gasteiger partial charge in [0.1, 0.15) is 5.69 Å². The van der Waals surface area contributed by atoms with Crippen LogP contribution < -0.4 is 4.72 Å². The maximum absolute atomic E-state index is 12.0. The number of rotatable bonds is 7. The predicted octanol–water partition coefficient (Wildman–Crippen LogP) is 1.11. The van der Waals surface area contributed by atoms with Crippen molar-refractivity contribution in [1.29, 1.82) is 0 Å². The van der Waals surface area contributed by atoms with Crippen LogP contribution in [0.1, 0.15) is 21.6 Å². The summed E-state index contributed by atoms with van der Waals surface area (Å²) in [6, 6.07) is 5.35. The van der Waals surface area contributed by atoms with Gasteiger partial charge in [-0.25, -0.2) is 17.9 Å². The van der Waals surface area contributed by atoms with E-state index in [4.69, 9.17) is 4.74 Å². The monoisotopic (exact) mass is 353 g/mol. The Morgan fingerprint density at radius 1 is 1.33 bits per heavy atom. The first-order valence-corrected chi connectivity index (χ1v) is 9.20. The zero-order valence-electron chi connectivity index (χ0n) is 14.3. The molecule has 0 amide bonds. The Kier molecular flexibility index (Phi) is 5.63. The second kappa shape index (κ2) is 7.33. The van der Waals surface area contributed by atoms with Gasteiger partial charge in [0, 0.05) is 17.4 Å². The lowest BCUT2D eigenvalue weighted by molar-refractivity contribution is 0.0593. The number of nitrogens with one attached hydrogen (secondary N) is 2. The lowest BCUT2D eigenvalue weighted by atomic mass is 10.1. The quantitative estimate of drug-likeness (QED) is 0.728. The Bertz CT molecular complexity index is 840. The number of likely N-dealkylation sites (N-methyl/N-ethyl adjacent to an activating group) is 1. The number of fused-ring (bicyclic) bond motifs is 1. The molecule has 2 aromatic rings. The van der Waals surface area contributed by atoms with Crippen molar-refractivity contribution < 1.29 is 17.9 Å². The highest BCUT2D eigenvalue weighted by atomic mass is 32.2. The number of aromatic amines is 1. The van der Waals surface area contributed by atoms with Crippen molar-refractivity contribution in [2.45, 2.75) is 12.2 Å². The van der Waals surface area contributed by atoms with E-state index in [1.165, 1.54) is 14.2 Å². The molecule has 0 fully saturated rings. The molecule has 1 heterocycles. The van der Waals surface area contributed by atoms with Crippen LogP contribution in [0.15, 0.2) is 18.2 Å². The molecule has 0 spiro atoms. The van der Waals surface area contributed by atoms with Gasteiger partial charge in [0.05, 0.1) is 12.9 Å². The number of H-pyrrole nitrogens is 1. The van der Waals surface area contributed by atoms with E-state index >= 15 is 0 Å². The van der Waals surface area contributed by atoms with Gasteiger partial charge in [0.15, 0.2) is 0 Å². The number of nitrogens with zero attached hydrogens (tertiary/aromatic N) is 1. The van der Waals surface area contributed by atoms with Crippen molar-refractivity contribution in [3.05, 3.63) is 35.0 Å². The number of benzene rings is 1. The first-order valence-electron chi connectivity index (χ1n) is 7.55. The van der Waals surface area contributed by atoms with Crippen LogP contribution in [0.3, 0.4) is 0 Å². The molecule has 24 heavy (non-hydrogen) atoms. The highest BCUT2D eigenvalue weighted by molar-refractivity contribution is 7.88. The lowest BCUT2D eigenvalue weighted by Gasteiger charge is -2.10. The minimum Gasteiger partial charge on any atom is -0.464 e. The molecule has 0 unspecified atom stereocenters. The van der Waals surface area contributed by atoms with E-state index in [2.05, 4.69) is 9.71 Å². The van der Waals surface area contributed by atoms with Gasteiger partial charge in [-0.3, -0.25) is 0 Å². The topological polar surface area (TPSA) is 91.5 Å². The van der Waals surface area contributed by atoms with E-state index in [1.54, 1.807) is 12.1 Å². The molecule has 1 aromatic carbocycles. The minimum absolute atomic E-state index is 0.106. The molecule has 0 bridgehead atoms. The van der Waals surface area contributed by atoms with Gasteiger partial charge >= 0.3 is 5.97 Å². The van der Waals surface area contributed by atoms with Crippen molar-refractivity contribution in [2.75, 3.05) is 34.8 Å². The molecule has 1 aromatic heterocycles. The van der Waals surface area contributed by atoms with Gasteiger partial charge in [-0.1, -0.05) is 6.07 Å². The van der Waals surface area contributed by atoms with Crippen LogP contribution in [0, 0.1) is 0 Å². The van der Waals surface area contributed by atoms with Crippen LogP contribution in [0.4, 0.5) is 0 Å². The number of carbonyl (C=O) groups is 1. The van der Waals surface area contributed by atoms with Crippen LogP contribution >= 0.6 is 0 Å². The molecule has 8 heteroatoms. The van der Waals surface area contributed by atoms with E-state index in [-0.39, 0.29) is 5.75 Å². The van der Waals surface area contributed by atoms with Crippen molar-refractivity contribution >= 4 is 26.9 Å². The second-order valence-corrected chi connectivity index (χ2v) is 7.79. The van der Waals surface area contributed by atoms with E-state index in [9.17, 15) is 13.2 Å². The van der Waals surface area contributed by atoms with E-state index in [1.807, 2.05) is 25.1 Å². The smallest absolute Gasteiger partial charge is 0.354 e. The third-order valence-electron chi connectivity index (χ3n) is 3.84. The largest absolute Gasteiger partial charge is 0.464 e. The number of hydrogen-bond donors (Lipinski definition) is 2. The fourth-order valence-corrected chi connectivity index (χ4v) is 3.31. The van der Waals surface area contributed by atoms with Crippen molar-refractivity contribution in [3.63, 3.8) is 0 Å². The zero-order chi connectivity index (χ0) is 17.9. The molecular weight excluding hydrogens is 330 g/mol. The fraction of sp³-hybridized carbons (Fsp3) is 0.438. The molecule has 7 nitrogen and oxygen atoms in total. The third-order valence-corrected chi connectivity index (χ3v) is 5.17. The van der Waals surface area contributed by atoms with E-state index in [0.717, 1.165) is 23.0 Å². The van der Waals surface area contributed by atoms with E-state index in [0.29, 0.717) is 17.7 Å². The first kappa shape index (κ1) is 18.4. The third kappa shape index (κ3) is 4.14. The molecular formula is C16H23N3O4S. The standard InChI is InChI=1S/C16H23N3O4S/c1-17-24(21,22)10-11-5-6-14-13(9-11)12(7-8-19(2)3)15(18-14)16(20)23-4/h5-6,9,17-18H,7-8,10H2,1-4H3. The summed E-state index contributed by atoms with van der Waals surface area (Å²) < 4.78 is 30.7. The average molecular weight is 353 g/mol. The van der Waals surface area contributed by atoms with Crippen molar-refractivity contribution in [3.8, 4) is 0 Å². The molecule has 132 valence electrons. The van der Waals surface area contributed by atoms with Crippen LogP contribution in [0.5, 0.6) is 0 Å². The lowest BCUT2D eigenvalue weighted by Crippen LogP contribution is -2.20. The number of methoxy groups -OCH3 is 1. The number of sulfonamides is 1. The van der Waals surface area contributed by atoms with Crippen LogP contribution in [0.2, 0.25) is 0 Å². The Labute approximate surface area is 142 Å². The summed E-state index contributed by atoms with van der Waals surface area (Å²) >= 11 is 0. The van der Waals surface area contributed by atoms with Gasteiger partial charge in [-0.15, -0.1) is 0 Å². The molecule has 2 rings (SSSR count). The highest BCUT2D eigenvalue weighted by Gasteiger charge is 2.19. The number of carbonyl (C=O) groups excluding carboxylic acids is 1. The first-order chi connectivity index (χ1) is 11.3. The Morgan fingerprint density at radius 2 is 2.04 bits per heavy atom. The molecule has 2 N–H and O–H groups in total. The van der Waals surface area contributed by atoms with E-state index < -0.39 is 16.0 Å². The molecule has 0 aliphatic rings. The predicted molar refractivity (Wildman–Crippen MR) is 93.6 cm³/mol. The molecule has 0 aliphatic heterocycles. The molecule has 0 atom stereocenters. The van der Waals surface area contributed by atoms with Gasteiger partial charge < -0.3 is 14.6 Å². The van der Waals surface area contributed by atoms with Gasteiger partial charge in [0.25, 0.3) is 0 Å². The maximum Gasteiger partial charge on any atom is 0.354 e. The Hall–Kier alpha value is -1.90. The summed E-state index contributed by atoms with van der Waals surface area (Å²) in [4.78, 5) is 17.1. The number of hydrogen-bond acceptors (Lipinski definition) is 5. The number of ether oxygens (including phenoxy) is 1. The molecule has 0 aliphatic carbocycles. The summed E-state index contributed by atoms with van der Waals surface area (Å²) in [5, 5.41) is 0.848. The second-order valence-electron chi connectivity index (χ2n) is 5.87. The summed E-state index contributed by atoms with van der Waals surface area (Å²) in [6.07, 6.45) is 0.652.